The number of rotatable bonds is 8. The van der Waals surface area contributed by atoms with Crippen LogP contribution in [0.1, 0.15) is 25.3 Å². The van der Waals surface area contributed by atoms with Crippen LogP contribution in [0.5, 0.6) is 5.75 Å². The zero-order valence-electron chi connectivity index (χ0n) is 14.6. The van der Waals surface area contributed by atoms with Gasteiger partial charge in [0, 0.05) is 13.6 Å². The molecule has 1 aromatic rings. The van der Waals surface area contributed by atoms with Crippen molar-refractivity contribution >= 4 is 22.4 Å². The van der Waals surface area contributed by atoms with Gasteiger partial charge in [-0.1, -0.05) is 19.1 Å². The average Bonchev–Trinajstić information content (AvgIpc) is 2.60. The number of ether oxygens (including phenoxy) is 1. The molecule has 1 rings (SSSR count). The summed E-state index contributed by atoms with van der Waals surface area (Å²) >= 11 is 0. The first-order valence-electron chi connectivity index (χ1n) is 7.86. The summed E-state index contributed by atoms with van der Waals surface area (Å²) in [4.78, 5) is 25.5. The largest absolute Gasteiger partial charge is 0.497 e. The van der Waals surface area contributed by atoms with Gasteiger partial charge in [-0.15, -0.1) is 0 Å². The summed E-state index contributed by atoms with van der Waals surface area (Å²) in [5.41, 5.74) is 0.747. The molecule has 1 unspecified atom stereocenters. The summed E-state index contributed by atoms with van der Waals surface area (Å²) in [7, 11) is 0.479. The van der Waals surface area contributed by atoms with Crippen LogP contribution in [0.15, 0.2) is 28.6 Å². The van der Waals surface area contributed by atoms with E-state index in [1.807, 2.05) is 0 Å². The molecule has 9 heteroatoms. The molecule has 0 saturated carbocycles. The van der Waals surface area contributed by atoms with Gasteiger partial charge in [0.05, 0.1) is 19.6 Å². The Morgan fingerprint density at radius 1 is 1.28 bits per heavy atom. The number of benzene rings is 1. The molecule has 0 aliphatic heterocycles. The molecule has 1 aromatic carbocycles. The predicted molar refractivity (Wildman–Crippen MR) is 92.9 cm³/mol. The molecule has 8 nitrogen and oxygen atoms in total. The topological polar surface area (TPSA) is 105 Å². The first-order chi connectivity index (χ1) is 11.9. The number of carbonyl (C=O) groups is 2. The van der Waals surface area contributed by atoms with Crippen LogP contribution in [0, 0.1) is 0 Å². The lowest BCUT2D eigenvalue weighted by Crippen LogP contribution is -2.44. The van der Waals surface area contributed by atoms with E-state index in [0.29, 0.717) is 12.2 Å². The zero-order chi connectivity index (χ0) is 18.8. The number of amides is 3. The Labute approximate surface area is 148 Å². The van der Waals surface area contributed by atoms with E-state index in [0.717, 1.165) is 10.5 Å². The molecule has 1 atom stereocenters. The first kappa shape index (κ1) is 20.6. The van der Waals surface area contributed by atoms with Crippen LogP contribution in [0.25, 0.3) is 0 Å². The van der Waals surface area contributed by atoms with Crippen LogP contribution in [0.3, 0.4) is 0 Å². The fourth-order valence-corrected chi connectivity index (χ4v) is 2.72. The molecule has 0 fully saturated rings. The molecule has 0 spiro atoms. The van der Waals surface area contributed by atoms with E-state index >= 15 is 0 Å². The van der Waals surface area contributed by atoms with Crippen LogP contribution in [0.2, 0.25) is 0 Å². The van der Waals surface area contributed by atoms with Crippen molar-refractivity contribution in [3.05, 3.63) is 29.8 Å². The van der Waals surface area contributed by atoms with E-state index in [4.69, 9.17) is 4.74 Å². The maximum Gasteiger partial charge on any atom is 0.323 e. The van der Waals surface area contributed by atoms with Crippen molar-refractivity contribution in [1.82, 2.24) is 10.2 Å². The summed E-state index contributed by atoms with van der Waals surface area (Å²) in [5.74, 6) is 0.306. The zero-order valence-corrected chi connectivity index (χ0v) is 15.4. The van der Waals surface area contributed by atoms with Gasteiger partial charge in [0.15, 0.2) is 0 Å². The van der Waals surface area contributed by atoms with Crippen LogP contribution >= 0.6 is 0 Å². The fraction of sp³-hybridized carbons (Fsp3) is 0.500. The molecule has 0 aliphatic carbocycles. The molecule has 0 bridgehead atoms. The first-order valence-corrected chi connectivity index (χ1v) is 8.89. The number of methoxy groups -OCH3 is 1. The van der Waals surface area contributed by atoms with Gasteiger partial charge in [-0.25, -0.2) is 4.79 Å². The Balaban J connectivity index is 2.80. The molecule has 0 saturated heterocycles. The van der Waals surface area contributed by atoms with Crippen molar-refractivity contribution in [2.45, 2.75) is 32.2 Å². The lowest BCUT2D eigenvalue weighted by Gasteiger charge is -2.21. The third-order valence-electron chi connectivity index (χ3n) is 3.67. The number of urea groups is 1. The van der Waals surface area contributed by atoms with Gasteiger partial charge >= 0.3 is 16.5 Å². The molecular weight excluding hydrogens is 346 g/mol. The Morgan fingerprint density at radius 3 is 2.40 bits per heavy atom. The lowest BCUT2D eigenvalue weighted by atomic mass is 10.1. The predicted octanol–water partition coefficient (Wildman–Crippen LogP) is 1.64. The van der Waals surface area contributed by atoms with Crippen molar-refractivity contribution in [3.8, 4) is 5.75 Å². The van der Waals surface area contributed by atoms with Crippen molar-refractivity contribution in [1.29, 1.82) is 0 Å². The molecule has 138 valence electrons. The third kappa shape index (κ3) is 6.92. The van der Waals surface area contributed by atoms with Crippen LogP contribution < -0.4 is 10.1 Å². The number of hydrogen-bond donors (Lipinski definition) is 1. The van der Waals surface area contributed by atoms with Crippen molar-refractivity contribution in [2.75, 3.05) is 20.7 Å². The Bertz CT molecular complexity index is 708. The second-order valence-electron chi connectivity index (χ2n) is 5.30. The molecule has 1 N–H and O–H groups in total. The molecule has 0 heterocycles. The lowest BCUT2D eigenvalue weighted by molar-refractivity contribution is -0.127. The minimum Gasteiger partial charge on any atom is -0.497 e. The number of hydrogen-bond acceptors (Lipinski definition) is 6. The smallest absolute Gasteiger partial charge is 0.323 e. The summed E-state index contributed by atoms with van der Waals surface area (Å²) in [6.45, 7) is 1.89. The number of nitrogens with zero attached hydrogens (tertiary/aromatic N) is 2. The van der Waals surface area contributed by atoms with Gasteiger partial charge in [-0.3, -0.25) is 9.69 Å². The monoisotopic (exact) mass is 369 g/mol. The van der Waals surface area contributed by atoms with Crippen molar-refractivity contribution in [2.24, 2.45) is 4.36 Å². The maximum atomic E-state index is 12.5. The molecule has 0 aromatic heterocycles. The maximum absolute atomic E-state index is 12.5. The van der Waals surface area contributed by atoms with Gasteiger partial charge in [-0.2, -0.15) is 12.8 Å². The Hall–Kier alpha value is -2.42. The van der Waals surface area contributed by atoms with E-state index < -0.39 is 22.6 Å². The second kappa shape index (κ2) is 10.4. The third-order valence-corrected chi connectivity index (χ3v) is 4.14. The van der Waals surface area contributed by atoms with E-state index in [9.17, 15) is 18.0 Å². The minimum absolute atomic E-state index is 0.0544. The highest BCUT2D eigenvalue weighted by Gasteiger charge is 2.21. The Morgan fingerprint density at radius 2 is 1.92 bits per heavy atom. The van der Waals surface area contributed by atoms with Crippen LogP contribution in [-0.2, 0) is 21.7 Å². The van der Waals surface area contributed by atoms with Crippen molar-refractivity contribution < 1.29 is 22.7 Å². The van der Waals surface area contributed by atoms with E-state index in [1.165, 1.54) is 7.05 Å². The van der Waals surface area contributed by atoms with Gasteiger partial charge in [-0.05, 0) is 30.5 Å². The van der Waals surface area contributed by atoms with Gasteiger partial charge in [0.25, 0.3) is 0 Å². The fourth-order valence-electron chi connectivity index (χ4n) is 2.22. The highest BCUT2D eigenvalue weighted by molar-refractivity contribution is 7.61. The van der Waals surface area contributed by atoms with E-state index in [-0.39, 0.29) is 25.3 Å². The molecule has 0 radical (unpaired) electrons. The number of imide groups is 1. The van der Waals surface area contributed by atoms with Gasteiger partial charge < -0.3 is 10.1 Å². The minimum atomic E-state index is -2.51. The number of carbonyl (C=O) groups excluding carboxylic acids is 2. The summed E-state index contributed by atoms with van der Waals surface area (Å²) in [6, 6.07) is 5.99. The highest BCUT2D eigenvalue weighted by atomic mass is 32.2. The average molecular weight is 369 g/mol. The molecule has 3 amide bonds. The van der Waals surface area contributed by atoms with Gasteiger partial charge in [0.2, 0.25) is 5.91 Å². The van der Waals surface area contributed by atoms with Crippen LogP contribution in [0.4, 0.5) is 4.79 Å². The number of nitrogens with one attached hydrogen (secondary N) is 1. The SMILES string of the molecule is CCC(CCN(C(=O)Cc1ccc(OC)cc1)C(=O)NC)N=S(=O)=O. The normalized spacial score (nSPS) is 11.3. The second-order valence-corrected chi connectivity index (χ2v) is 5.94. The Kier molecular flexibility index (Phi) is 8.62. The molecule has 0 aliphatic rings. The van der Waals surface area contributed by atoms with E-state index in [2.05, 4.69) is 9.68 Å². The standard InChI is InChI=1S/C16H23N3O5S/c1-4-13(18-25(22)23)9-10-19(16(21)17-2)15(20)11-12-5-7-14(24-3)8-6-12/h5-8,13H,4,9-11H2,1-3H3,(H,17,21). The molecular formula is C16H23N3O5S. The summed E-state index contributed by atoms with van der Waals surface area (Å²) in [6.07, 6.45) is 0.841. The van der Waals surface area contributed by atoms with E-state index in [1.54, 1.807) is 38.3 Å². The van der Waals surface area contributed by atoms with Crippen molar-refractivity contribution in [3.63, 3.8) is 0 Å². The summed E-state index contributed by atoms with van der Waals surface area (Å²) < 4.78 is 30.0. The summed E-state index contributed by atoms with van der Waals surface area (Å²) in [5, 5.41) is 2.43. The quantitative estimate of drug-likeness (QED) is 0.750. The van der Waals surface area contributed by atoms with Crippen LogP contribution in [-0.4, -0.2) is 52.0 Å². The van der Waals surface area contributed by atoms with Gasteiger partial charge in [0.1, 0.15) is 5.75 Å². The molecule has 25 heavy (non-hydrogen) atoms. The highest BCUT2D eigenvalue weighted by Crippen LogP contribution is 2.13.